The minimum Gasteiger partial charge on any atom is -0.490 e. The Hall–Kier alpha value is -1.62. The van der Waals surface area contributed by atoms with E-state index in [1.807, 2.05) is 4.90 Å². The van der Waals surface area contributed by atoms with Crippen LogP contribution in [0.2, 0.25) is 0 Å². The van der Waals surface area contributed by atoms with Crippen LogP contribution in [0.1, 0.15) is 38.5 Å². The topological polar surface area (TPSA) is 32.8 Å². The van der Waals surface area contributed by atoms with Crippen molar-refractivity contribution in [3.05, 3.63) is 30.1 Å². The zero-order valence-corrected chi connectivity index (χ0v) is 15.1. The Labute approximate surface area is 149 Å². The maximum atomic E-state index is 12.9. The van der Waals surface area contributed by atoms with Crippen LogP contribution in [-0.2, 0) is 4.79 Å². The number of amides is 1. The number of nitrogens with zero attached hydrogens (tertiary/aromatic N) is 2. The highest BCUT2D eigenvalue weighted by atomic mass is 19.1. The number of piperidine rings is 2. The summed E-state index contributed by atoms with van der Waals surface area (Å²) >= 11 is 0. The highest BCUT2D eigenvalue weighted by molar-refractivity contribution is 5.76. The summed E-state index contributed by atoms with van der Waals surface area (Å²) in [6.45, 7) is 3.83. The van der Waals surface area contributed by atoms with Crippen molar-refractivity contribution in [2.75, 3.05) is 33.2 Å². The van der Waals surface area contributed by atoms with Crippen LogP contribution in [0.3, 0.4) is 0 Å². The van der Waals surface area contributed by atoms with Crippen molar-refractivity contribution < 1.29 is 13.9 Å². The van der Waals surface area contributed by atoms with Crippen LogP contribution in [0.15, 0.2) is 24.3 Å². The molecule has 0 aliphatic carbocycles. The molecule has 0 radical (unpaired) electrons. The van der Waals surface area contributed by atoms with Gasteiger partial charge in [-0.2, -0.15) is 0 Å². The lowest BCUT2D eigenvalue weighted by molar-refractivity contribution is -0.133. The van der Waals surface area contributed by atoms with Gasteiger partial charge in [-0.1, -0.05) is 0 Å². The summed E-state index contributed by atoms with van der Waals surface area (Å²) < 4.78 is 18.8. The third-order valence-electron chi connectivity index (χ3n) is 5.40. The molecule has 2 aliphatic heterocycles. The van der Waals surface area contributed by atoms with E-state index < -0.39 is 0 Å². The van der Waals surface area contributed by atoms with Crippen LogP contribution >= 0.6 is 0 Å². The summed E-state index contributed by atoms with van der Waals surface area (Å²) in [7, 11) is 2.17. The van der Waals surface area contributed by atoms with Crippen molar-refractivity contribution in [1.82, 2.24) is 9.80 Å². The molecule has 1 aromatic rings. The molecule has 0 aromatic heterocycles. The smallest absolute Gasteiger partial charge is 0.222 e. The summed E-state index contributed by atoms with van der Waals surface area (Å²) in [5, 5.41) is 0. The van der Waals surface area contributed by atoms with E-state index in [2.05, 4.69) is 11.9 Å². The molecule has 138 valence electrons. The number of ether oxygens (including phenoxy) is 1. The van der Waals surface area contributed by atoms with Gasteiger partial charge in [-0.05, 0) is 63.0 Å². The third-order valence-corrected chi connectivity index (χ3v) is 5.40. The number of benzene rings is 1. The molecule has 0 unspecified atom stereocenters. The van der Waals surface area contributed by atoms with Crippen molar-refractivity contribution in [3.8, 4) is 5.75 Å². The lowest BCUT2D eigenvalue weighted by Crippen LogP contribution is -2.42. The van der Waals surface area contributed by atoms with Crippen molar-refractivity contribution >= 4 is 5.91 Å². The van der Waals surface area contributed by atoms with E-state index in [1.165, 1.54) is 31.5 Å². The second-order valence-electron chi connectivity index (χ2n) is 7.46. The largest absolute Gasteiger partial charge is 0.490 e. The van der Waals surface area contributed by atoms with E-state index in [-0.39, 0.29) is 17.8 Å². The van der Waals surface area contributed by atoms with Gasteiger partial charge >= 0.3 is 0 Å². The summed E-state index contributed by atoms with van der Waals surface area (Å²) in [6, 6.07) is 6.15. The number of carbonyl (C=O) groups excluding carboxylic acids is 1. The molecule has 2 heterocycles. The second-order valence-corrected chi connectivity index (χ2v) is 7.46. The normalized spacial score (nSPS) is 22.8. The van der Waals surface area contributed by atoms with Crippen LogP contribution < -0.4 is 4.74 Å². The van der Waals surface area contributed by atoms with E-state index in [9.17, 15) is 9.18 Å². The predicted octanol–water partition coefficient (Wildman–Crippen LogP) is 3.32. The van der Waals surface area contributed by atoms with Crippen LogP contribution in [0.4, 0.5) is 4.39 Å². The standard InChI is InChI=1S/C20H29FN2O2/c1-22-12-2-3-16(15-22)4-9-20(24)23-13-10-19(11-14-23)25-18-7-5-17(21)6-8-18/h5-8,16,19H,2-4,9-15H2,1H3/t16-/m1/s1. The van der Waals surface area contributed by atoms with Crippen molar-refractivity contribution in [3.63, 3.8) is 0 Å². The summed E-state index contributed by atoms with van der Waals surface area (Å²) in [4.78, 5) is 16.8. The molecule has 2 aliphatic rings. The summed E-state index contributed by atoms with van der Waals surface area (Å²) in [5.74, 6) is 1.40. The van der Waals surface area contributed by atoms with Gasteiger partial charge in [-0.15, -0.1) is 0 Å². The Balaban J connectivity index is 1.37. The first kappa shape index (κ1) is 18.2. The first-order valence-electron chi connectivity index (χ1n) is 9.48. The second kappa shape index (κ2) is 8.65. The van der Waals surface area contributed by atoms with Gasteiger partial charge in [0.1, 0.15) is 17.7 Å². The lowest BCUT2D eigenvalue weighted by Gasteiger charge is -2.33. The summed E-state index contributed by atoms with van der Waals surface area (Å²) in [6.07, 6.45) is 5.98. The molecule has 5 heteroatoms. The molecule has 4 nitrogen and oxygen atoms in total. The molecule has 0 bridgehead atoms. The fraction of sp³-hybridized carbons (Fsp3) is 0.650. The van der Waals surface area contributed by atoms with E-state index in [0.29, 0.717) is 18.1 Å². The summed E-state index contributed by atoms with van der Waals surface area (Å²) in [5.41, 5.74) is 0. The molecule has 0 spiro atoms. The minimum atomic E-state index is -0.253. The SMILES string of the molecule is CN1CCC[C@H](CCC(=O)N2CCC(Oc3ccc(F)cc3)CC2)C1. The average molecular weight is 348 g/mol. The zero-order chi connectivity index (χ0) is 17.6. The Bertz CT molecular complexity index is 555. The molecular weight excluding hydrogens is 319 g/mol. The first-order chi connectivity index (χ1) is 12.1. The lowest BCUT2D eigenvalue weighted by atomic mass is 9.93. The number of carbonyl (C=O) groups is 1. The van der Waals surface area contributed by atoms with Gasteiger partial charge in [0.05, 0.1) is 0 Å². The van der Waals surface area contributed by atoms with Gasteiger partial charge in [-0.3, -0.25) is 4.79 Å². The van der Waals surface area contributed by atoms with Gasteiger partial charge in [0.2, 0.25) is 5.91 Å². The molecule has 3 rings (SSSR count). The van der Waals surface area contributed by atoms with E-state index >= 15 is 0 Å². The molecule has 1 atom stereocenters. The monoisotopic (exact) mass is 348 g/mol. The number of likely N-dealkylation sites (tertiary alicyclic amines) is 2. The van der Waals surface area contributed by atoms with Gasteiger partial charge in [-0.25, -0.2) is 4.39 Å². The zero-order valence-electron chi connectivity index (χ0n) is 15.1. The van der Waals surface area contributed by atoms with Gasteiger partial charge < -0.3 is 14.5 Å². The number of hydrogen-bond donors (Lipinski definition) is 0. The number of hydrogen-bond acceptors (Lipinski definition) is 3. The van der Waals surface area contributed by atoms with Crippen molar-refractivity contribution in [2.45, 2.75) is 44.6 Å². The molecule has 2 fully saturated rings. The van der Waals surface area contributed by atoms with Crippen LogP contribution in [0.5, 0.6) is 5.75 Å². The maximum Gasteiger partial charge on any atom is 0.222 e. The highest BCUT2D eigenvalue weighted by Crippen LogP contribution is 2.23. The minimum absolute atomic E-state index is 0.113. The Morgan fingerprint density at radius 2 is 1.88 bits per heavy atom. The molecule has 1 aromatic carbocycles. The molecular formula is C20H29FN2O2. The highest BCUT2D eigenvalue weighted by Gasteiger charge is 2.25. The van der Waals surface area contributed by atoms with Crippen molar-refractivity contribution in [1.29, 1.82) is 0 Å². The average Bonchev–Trinajstić information content (AvgIpc) is 2.62. The molecule has 1 amide bonds. The molecule has 25 heavy (non-hydrogen) atoms. The van der Waals surface area contributed by atoms with Crippen LogP contribution in [-0.4, -0.2) is 55.0 Å². The molecule has 0 N–H and O–H groups in total. The number of halogens is 1. The first-order valence-corrected chi connectivity index (χ1v) is 9.48. The van der Waals surface area contributed by atoms with Gasteiger partial charge in [0.15, 0.2) is 0 Å². The van der Waals surface area contributed by atoms with Crippen LogP contribution in [0, 0.1) is 11.7 Å². The van der Waals surface area contributed by atoms with Crippen LogP contribution in [0.25, 0.3) is 0 Å². The Kier molecular flexibility index (Phi) is 6.29. The predicted molar refractivity (Wildman–Crippen MR) is 96.1 cm³/mol. The van der Waals surface area contributed by atoms with E-state index in [1.54, 1.807) is 12.1 Å². The Morgan fingerprint density at radius 3 is 2.56 bits per heavy atom. The fourth-order valence-electron chi connectivity index (χ4n) is 3.92. The quantitative estimate of drug-likeness (QED) is 0.818. The molecule has 0 saturated carbocycles. The fourth-order valence-corrected chi connectivity index (χ4v) is 3.92. The third kappa shape index (κ3) is 5.43. The maximum absolute atomic E-state index is 12.9. The van der Waals surface area contributed by atoms with Gasteiger partial charge in [0, 0.05) is 38.9 Å². The molecule has 2 saturated heterocycles. The number of rotatable bonds is 5. The van der Waals surface area contributed by atoms with E-state index in [0.717, 1.165) is 38.9 Å². The van der Waals surface area contributed by atoms with Crippen molar-refractivity contribution in [2.24, 2.45) is 5.92 Å². The van der Waals surface area contributed by atoms with Gasteiger partial charge in [0.25, 0.3) is 0 Å². The van der Waals surface area contributed by atoms with E-state index in [4.69, 9.17) is 4.74 Å². The Morgan fingerprint density at radius 1 is 1.16 bits per heavy atom.